The fourth-order valence-corrected chi connectivity index (χ4v) is 5.89. The molecule has 2 atom stereocenters. The van der Waals surface area contributed by atoms with E-state index in [1.54, 1.807) is 24.6 Å². The molecular formula is C24H27ClN4O3S. The predicted molar refractivity (Wildman–Crippen MR) is 131 cm³/mol. The fourth-order valence-electron chi connectivity index (χ4n) is 4.50. The van der Waals surface area contributed by atoms with Crippen LogP contribution in [-0.2, 0) is 17.6 Å². The normalized spacial score (nSPS) is 18.9. The highest BCUT2D eigenvalue weighted by molar-refractivity contribution is 7.19. The molecule has 5 rings (SSSR count). The Labute approximate surface area is 201 Å². The van der Waals surface area contributed by atoms with Crippen molar-refractivity contribution in [1.29, 1.82) is 0 Å². The van der Waals surface area contributed by atoms with Crippen LogP contribution in [0.25, 0.3) is 21.3 Å². The smallest absolute Gasteiger partial charge is 0.264 e. The number of pyridine rings is 1. The van der Waals surface area contributed by atoms with E-state index in [1.807, 2.05) is 23.1 Å². The summed E-state index contributed by atoms with van der Waals surface area (Å²) in [5.74, 6) is 0.775. The molecule has 174 valence electrons. The Morgan fingerprint density at radius 1 is 1.36 bits per heavy atom. The van der Waals surface area contributed by atoms with Gasteiger partial charge in [0.05, 0.1) is 10.2 Å². The third kappa shape index (κ3) is 4.58. The van der Waals surface area contributed by atoms with E-state index in [0.717, 1.165) is 57.0 Å². The van der Waals surface area contributed by atoms with Crippen LogP contribution in [0.15, 0.2) is 30.5 Å². The molecule has 2 aliphatic heterocycles. The van der Waals surface area contributed by atoms with Crippen LogP contribution in [0.5, 0.6) is 5.75 Å². The number of hydrogen-bond acceptors (Lipinski definition) is 7. The summed E-state index contributed by atoms with van der Waals surface area (Å²) in [6.07, 6.45) is 2.66. The maximum Gasteiger partial charge on any atom is 0.264 e. The summed E-state index contributed by atoms with van der Waals surface area (Å²) in [6, 6.07) is 7.87. The van der Waals surface area contributed by atoms with Crippen molar-refractivity contribution in [2.75, 3.05) is 33.2 Å². The van der Waals surface area contributed by atoms with E-state index in [9.17, 15) is 9.90 Å². The molecule has 33 heavy (non-hydrogen) atoms. The summed E-state index contributed by atoms with van der Waals surface area (Å²) >= 11 is 8.18. The van der Waals surface area contributed by atoms with Gasteiger partial charge in [-0.15, -0.1) is 11.3 Å². The molecule has 2 unspecified atom stereocenters. The lowest BCUT2D eigenvalue weighted by molar-refractivity contribution is -0.138. The molecule has 7 nitrogen and oxygen atoms in total. The molecule has 1 saturated heterocycles. The fraction of sp³-hybridized carbons (Fsp3) is 0.417. The predicted octanol–water partition coefficient (Wildman–Crippen LogP) is 2.82. The Morgan fingerprint density at radius 2 is 2.18 bits per heavy atom. The first kappa shape index (κ1) is 22.6. The molecule has 9 heteroatoms. The number of nitrogens with one attached hydrogen (secondary N) is 2. The van der Waals surface area contributed by atoms with Gasteiger partial charge in [-0.1, -0.05) is 11.6 Å². The van der Waals surface area contributed by atoms with Crippen LogP contribution in [0.4, 0.5) is 0 Å². The molecule has 2 aliphatic rings. The zero-order valence-corrected chi connectivity index (χ0v) is 20.0. The van der Waals surface area contributed by atoms with Crippen molar-refractivity contribution in [2.24, 2.45) is 0 Å². The molecule has 0 radical (unpaired) electrons. The Bertz CT molecular complexity index is 1180. The van der Waals surface area contributed by atoms with Gasteiger partial charge in [-0.2, -0.15) is 0 Å². The largest absolute Gasteiger partial charge is 0.479 e. The first-order valence-electron chi connectivity index (χ1n) is 11.2. The van der Waals surface area contributed by atoms with Crippen LogP contribution in [0.1, 0.15) is 16.9 Å². The summed E-state index contributed by atoms with van der Waals surface area (Å²) in [7, 11) is 1.75. The average Bonchev–Trinajstić information content (AvgIpc) is 3.45. The number of halogens is 1. The highest BCUT2D eigenvalue weighted by atomic mass is 35.5. The molecule has 2 aromatic heterocycles. The van der Waals surface area contributed by atoms with Gasteiger partial charge in [-0.3, -0.25) is 15.1 Å². The van der Waals surface area contributed by atoms with E-state index in [-0.39, 0.29) is 5.91 Å². The van der Waals surface area contributed by atoms with Gasteiger partial charge >= 0.3 is 0 Å². The number of amides is 1. The number of nitrogens with zero attached hydrogens (tertiary/aromatic N) is 2. The monoisotopic (exact) mass is 486 g/mol. The minimum Gasteiger partial charge on any atom is -0.479 e. The first-order valence-corrected chi connectivity index (χ1v) is 12.4. The van der Waals surface area contributed by atoms with Crippen molar-refractivity contribution in [2.45, 2.75) is 31.6 Å². The number of thiophene rings is 1. The van der Waals surface area contributed by atoms with Gasteiger partial charge in [-0.25, -0.2) is 0 Å². The van der Waals surface area contributed by atoms with Crippen LogP contribution in [0, 0.1) is 0 Å². The van der Waals surface area contributed by atoms with E-state index in [4.69, 9.17) is 16.3 Å². The summed E-state index contributed by atoms with van der Waals surface area (Å²) < 4.78 is 7.34. The lowest BCUT2D eigenvalue weighted by Crippen LogP contribution is -2.50. The molecule has 0 aliphatic carbocycles. The second-order valence-electron chi connectivity index (χ2n) is 8.46. The first-order chi connectivity index (χ1) is 16.0. The van der Waals surface area contributed by atoms with Gasteiger partial charge in [-0.05, 0) is 44.2 Å². The van der Waals surface area contributed by atoms with Crippen LogP contribution in [0.3, 0.4) is 0 Å². The van der Waals surface area contributed by atoms with Gasteiger partial charge in [0.2, 0.25) is 0 Å². The highest BCUT2D eigenvalue weighted by Crippen LogP contribution is 2.44. The number of rotatable bonds is 6. The van der Waals surface area contributed by atoms with Crippen LogP contribution >= 0.6 is 22.9 Å². The number of benzene rings is 1. The number of fused-ring (bicyclic) bond motifs is 2. The van der Waals surface area contributed by atoms with Crippen LogP contribution in [-0.4, -0.2) is 66.5 Å². The third-order valence-electron chi connectivity index (χ3n) is 6.25. The SMILES string of the molecule is CNC(O)CCc1cc2nccc(-c3cc(Cl)cc4c3OC(C(=O)N3CCNCC3)C4)c2s1. The zero-order chi connectivity index (χ0) is 22.9. The van der Waals surface area contributed by atoms with E-state index >= 15 is 0 Å². The third-order valence-corrected chi connectivity index (χ3v) is 7.69. The number of aryl methyl sites for hydroxylation is 1. The number of ether oxygens (including phenoxy) is 1. The molecular weight excluding hydrogens is 460 g/mol. The van der Waals surface area contributed by atoms with Crippen molar-refractivity contribution < 1.29 is 14.6 Å². The molecule has 0 spiro atoms. The maximum absolute atomic E-state index is 13.1. The number of carbonyl (C=O) groups is 1. The number of piperazine rings is 1. The second kappa shape index (κ2) is 9.56. The molecule has 3 N–H and O–H groups in total. The topological polar surface area (TPSA) is 86.7 Å². The second-order valence-corrected chi connectivity index (χ2v) is 10.0. The Kier molecular flexibility index (Phi) is 6.53. The van der Waals surface area contributed by atoms with Crippen molar-refractivity contribution in [1.82, 2.24) is 20.5 Å². The Hall–Kier alpha value is -2.23. The molecule has 1 amide bonds. The lowest BCUT2D eigenvalue weighted by atomic mass is 10.0. The minimum atomic E-state index is -0.530. The number of aromatic nitrogens is 1. The standard InChI is InChI=1S/C24H27ClN4O3S/c1-26-21(30)3-2-16-13-19-23(33-16)17(4-5-28-19)18-12-15(25)10-14-11-20(32-22(14)18)24(31)29-8-6-27-7-9-29/h4-5,10,12-13,20-21,26-27,30H,2-3,6-9,11H2,1H3. The van der Waals surface area contributed by atoms with E-state index in [2.05, 4.69) is 21.7 Å². The summed E-state index contributed by atoms with van der Waals surface area (Å²) in [5.41, 5.74) is 3.76. The average molecular weight is 487 g/mol. The molecule has 1 aromatic carbocycles. The van der Waals surface area contributed by atoms with Gasteiger partial charge in [0, 0.05) is 65.4 Å². The molecule has 0 saturated carbocycles. The minimum absolute atomic E-state index is 0.0381. The van der Waals surface area contributed by atoms with Crippen LogP contribution in [0.2, 0.25) is 5.02 Å². The van der Waals surface area contributed by atoms with Crippen molar-refractivity contribution >= 4 is 39.1 Å². The van der Waals surface area contributed by atoms with Crippen molar-refractivity contribution in [3.05, 3.63) is 45.9 Å². The Morgan fingerprint density at radius 3 is 2.97 bits per heavy atom. The summed E-state index contributed by atoms with van der Waals surface area (Å²) in [6.45, 7) is 3.02. The number of aliphatic hydroxyl groups is 1. The molecule has 3 aromatic rings. The molecule has 0 bridgehead atoms. The number of carbonyl (C=O) groups excluding carboxylic acids is 1. The van der Waals surface area contributed by atoms with E-state index in [0.29, 0.717) is 31.0 Å². The van der Waals surface area contributed by atoms with Gasteiger partial charge < -0.3 is 20.1 Å². The van der Waals surface area contributed by atoms with Crippen LogP contribution < -0.4 is 15.4 Å². The highest BCUT2D eigenvalue weighted by Gasteiger charge is 2.35. The van der Waals surface area contributed by atoms with Gasteiger partial charge in [0.1, 0.15) is 12.0 Å². The maximum atomic E-state index is 13.1. The van der Waals surface area contributed by atoms with E-state index < -0.39 is 12.3 Å². The van der Waals surface area contributed by atoms with E-state index in [1.165, 1.54) is 0 Å². The quantitative estimate of drug-likeness (QED) is 0.464. The molecule has 4 heterocycles. The molecule has 1 fully saturated rings. The van der Waals surface area contributed by atoms with Crippen molar-refractivity contribution in [3.8, 4) is 16.9 Å². The number of aliphatic hydroxyl groups excluding tert-OH is 1. The summed E-state index contributed by atoms with van der Waals surface area (Å²) in [4.78, 5) is 20.7. The summed E-state index contributed by atoms with van der Waals surface area (Å²) in [5, 5.41) is 16.6. The Balaban J connectivity index is 1.47. The number of hydrogen-bond donors (Lipinski definition) is 3. The van der Waals surface area contributed by atoms with Gasteiger partial charge in [0.15, 0.2) is 6.10 Å². The zero-order valence-electron chi connectivity index (χ0n) is 18.4. The van der Waals surface area contributed by atoms with Gasteiger partial charge in [0.25, 0.3) is 5.91 Å². The van der Waals surface area contributed by atoms with Crippen molar-refractivity contribution in [3.63, 3.8) is 0 Å². The lowest BCUT2D eigenvalue weighted by Gasteiger charge is -2.29.